The summed E-state index contributed by atoms with van der Waals surface area (Å²) in [5.41, 5.74) is 1.19. The van der Waals surface area contributed by atoms with E-state index < -0.39 is 12.0 Å². The van der Waals surface area contributed by atoms with E-state index in [1.54, 1.807) is 0 Å². The van der Waals surface area contributed by atoms with Gasteiger partial charge in [0, 0.05) is 0 Å². The highest BCUT2D eigenvalue weighted by molar-refractivity contribution is 5.73. The summed E-state index contributed by atoms with van der Waals surface area (Å²) in [6.45, 7) is 2.79. The van der Waals surface area contributed by atoms with Crippen molar-refractivity contribution < 1.29 is 9.90 Å². The molecular weight excluding hydrogens is 202 g/mol. The van der Waals surface area contributed by atoms with Crippen molar-refractivity contribution >= 4 is 5.97 Å². The molecule has 88 valence electrons. The van der Waals surface area contributed by atoms with Crippen LogP contribution < -0.4 is 5.32 Å². The van der Waals surface area contributed by atoms with Crippen LogP contribution in [0.1, 0.15) is 25.3 Å². The van der Waals surface area contributed by atoms with Gasteiger partial charge in [-0.2, -0.15) is 0 Å². The van der Waals surface area contributed by atoms with Crippen molar-refractivity contribution in [2.75, 3.05) is 6.54 Å². The highest BCUT2D eigenvalue weighted by Crippen LogP contribution is 2.05. The number of nitrogens with one attached hydrogen (secondary N) is 1. The van der Waals surface area contributed by atoms with Crippen molar-refractivity contribution in [1.82, 2.24) is 5.32 Å². The average molecular weight is 221 g/mol. The van der Waals surface area contributed by atoms with Gasteiger partial charge in [0.25, 0.3) is 0 Å². The van der Waals surface area contributed by atoms with E-state index in [0.717, 1.165) is 19.4 Å². The van der Waals surface area contributed by atoms with E-state index >= 15 is 0 Å². The second-order valence-electron chi connectivity index (χ2n) is 3.87. The summed E-state index contributed by atoms with van der Waals surface area (Å²) >= 11 is 0. The normalized spacial score (nSPS) is 12.3. The lowest BCUT2D eigenvalue weighted by molar-refractivity contribution is -0.139. The van der Waals surface area contributed by atoms with E-state index in [-0.39, 0.29) is 0 Å². The van der Waals surface area contributed by atoms with Crippen LogP contribution in [0.15, 0.2) is 30.3 Å². The summed E-state index contributed by atoms with van der Waals surface area (Å²) in [4.78, 5) is 11.0. The molecule has 1 atom stereocenters. The summed E-state index contributed by atoms with van der Waals surface area (Å²) in [6.07, 6.45) is 2.39. The third kappa shape index (κ3) is 4.45. The molecule has 0 fully saturated rings. The number of aliphatic carboxylic acids is 1. The first-order valence-corrected chi connectivity index (χ1v) is 5.74. The topological polar surface area (TPSA) is 49.3 Å². The molecule has 0 saturated carbocycles. The Kier molecular flexibility index (Phi) is 5.57. The van der Waals surface area contributed by atoms with Gasteiger partial charge in [0.1, 0.15) is 6.04 Å². The molecule has 1 unspecified atom stereocenters. The molecule has 1 rings (SSSR count). The SMILES string of the molecule is CCCNC(CCc1ccccc1)C(=O)O. The van der Waals surface area contributed by atoms with Gasteiger partial charge < -0.3 is 10.4 Å². The number of benzene rings is 1. The van der Waals surface area contributed by atoms with Gasteiger partial charge in [-0.15, -0.1) is 0 Å². The maximum absolute atomic E-state index is 11.0. The predicted octanol–water partition coefficient (Wildman–Crippen LogP) is 2.07. The highest BCUT2D eigenvalue weighted by Gasteiger charge is 2.15. The largest absolute Gasteiger partial charge is 0.480 e. The van der Waals surface area contributed by atoms with Crippen molar-refractivity contribution in [1.29, 1.82) is 0 Å². The van der Waals surface area contributed by atoms with Crippen LogP contribution in [0.4, 0.5) is 0 Å². The minimum Gasteiger partial charge on any atom is -0.480 e. The molecule has 0 aliphatic heterocycles. The number of hydrogen-bond donors (Lipinski definition) is 2. The molecule has 3 heteroatoms. The molecule has 0 heterocycles. The van der Waals surface area contributed by atoms with Crippen molar-refractivity contribution in [3.05, 3.63) is 35.9 Å². The Hall–Kier alpha value is -1.35. The van der Waals surface area contributed by atoms with Gasteiger partial charge in [0.05, 0.1) is 0 Å². The molecule has 3 nitrogen and oxygen atoms in total. The third-order valence-electron chi connectivity index (χ3n) is 2.50. The van der Waals surface area contributed by atoms with E-state index in [4.69, 9.17) is 5.11 Å². The fraction of sp³-hybridized carbons (Fsp3) is 0.462. The second-order valence-corrected chi connectivity index (χ2v) is 3.87. The zero-order valence-electron chi connectivity index (χ0n) is 9.65. The van der Waals surface area contributed by atoms with Crippen molar-refractivity contribution in [2.45, 2.75) is 32.2 Å². The Balaban J connectivity index is 2.41. The maximum Gasteiger partial charge on any atom is 0.320 e. The number of carboxylic acid groups (broad SMARTS) is 1. The molecular formula is C13H19NO2. The van der Waals surface area contributed by atoms with E-state index in [1.807, 2.05) is 37.3 Å². The van der Waals surface area contributed by atoms with E-state index in [9.17, 15) is 4.79 Å². The molecule has 2 N–H and O–H groups in total. The Labute approximate surface area is 96.5 Å². The molecule has 0 saturated heterocycles. The molecule has 0 aliphatic carbocycles. The van der Waals surface area contributed by atoms with Gasteiger partial charge >= 0.3 is 5.97 Å². The molecule has 0 amide bonds. The van der Waals surface area contributed by atoms with Gasteiger partial charge in [-0.25, -0.2) is 0 Å². The molecule has 0 radical (unpaired) electrons. The summed E-state index contributed by atoms with van der Waals surface area (Å²) < 4.78 is 0. The third-order valence-corrected chi connectivity index (χ3v) is 2.50. The summed E-state index contributed by atoms with van der Waals surface area (Å²) in [5.74, 6) is -0.760. The minimum absolute atomic E-state index is 0.430. The molecule has 16 heavy (non-hydrogen) atoms. The lowest BCUT2D eigenvalue weighted by atomic mass is 10.1. The maximum atomic E-state index is 11.0. The number of carbonyl (C=O) groups is 1. The smallest absolute Gasteiger partial charge is 0.320 e. The fourth-order valence-electron chi connectivity index (χ4n) is 1.59. The van der Waals surface area contributed by atoms with Crippen LogP contribution in [0.3, 0.4) is 0 Å². The quantitative estimate of drug-likeness (QED) is 0.741. The van der Waals surface area contributed by atoms with E-state index in [0.29, 0.717) is 6.42 Å². The molecule has 0 aliphatic rings. The Morgan fingerprint density at radius 3 is 2.62 bits per heavy atom. The van der Waals surface area contributed by atoms with Gasteiger partial charge in [0.15, 0.2) is 0 Å². The standard InChI is InChI=1S/C13H19NO2/c1-2-10-14-12(13(15)16)9-8-11-6-4-3-5-7-11/h3-7,12,14H,2,8-10H2,1H3,(H,15,16). The van der Waals surface area contributed by atoms with Crippen LogP contribution in [0.2, 0.25) is 0 Å². The van der Waals surface area contributed by atoms with Gasteiger partial charge in [-0.05, 0) is 31.4 Å². The lowest BCUT2D eigenvalue weighted by Crippen LogP contribution is -2.37. The monoisotopic (exact) mass is 221 g/mol. The minimum atomic E-state index is -0.760. The number of hydrogen-bond acceptors (Lipinski definition) is 2. The number of aryl methyl sites for hydroxylation is 1. The van der Waals surface area contributed by atoms with Crippen molar-refractivity contribution in [3.8, 4) is 0 Å². The van der Waals surface area contributed by atoms with Crippen molar-refractivity contribution in [3.63, 3.8) is 0 Å². The van der Waals surface area contributed by atoms with Gasteiger partial charge in [-0.1, -0.05) is 37.3 Å². The van der Waals surface area contributed by atoms with Crippen molar-refractivity contribution in [2.24, 2.45) is 0 Å². The lowest BCUT2D eigenvalue weighted by Gasteiger charge is -2.13. The summed E-state index contributed by atoms with van der Waals surface area (Å²) in [7, 11) is 0. The van der Waals surface area contributed by atoms with Crippen LogP contribution >= 0.6 is 0 Å². The van der Waals surface area contributed by atoms with Crippen LogP contribution in [0, 0.1) is 0 Å². The first-order valence-electron chi connectivity index (χ1n) is 5.74. The van der Waals surface area contributed by atoms with Crippen LogP contribution in [-0.2, 0) is 11.2 Å². The zero-order chi connectivity index (χ0) is 11.8. The summed E-state index contributed by atoms with van der Waals surface area (Å²) in [6, 6.07) is 9.54. The molecule has 1 aromatic carbocycles. The Morgan fingerprint density at radius 2 is 2.06 bits per heavy atom. The predicted molar refractivity (Wildman–Crippen MR) is 64.5 cm³/mol. The Morgan fingerprint density at radius 1 is 1.38 bits per heavy atom. The number of carboxylic acids is 1. The van der Waals surface area contributed by atoms with E-state index in [1.165, 1.54) is 5.56 Å². The summed E-state index contributed by atoms with van der Waals surface area (Å²) in [5, 5.41) is 12.1. The first-order chi connectivity index (χ1) is 7.74. The van der Waals surface area contributed by atoms with Crippen LogP contribution in [0.25, 0.3) is 0 Å². The van der Waals surface area contributed by atoms with Gasteiger partial charge in [-0.3, -0.25) is 4.79 Å². The molecule has 1 aromatic rings. The Bertz CT molecular complexity index is 311. The molecule has 0 aromatic heterocycles. The van der Waals surface area contributed by atoms with Gasteiger partial charge in [0.2, 0.25) is 0 Å². The van der Waals surface area contributed by atoms with E-state index in [2.05, 4.69) is 5.32 Å². The highest BCUT2D eigenvalue weighted by atomic mass is 16.4. The zero-order valence-corrected chi connectivity index (χ0v) is 9.65. The second kappa shape index (κ2) is 7.01. The molecule has 0 bridgehead atoms. The average Bonchev–Trinajstić information content (AvgIpc) is 2.30. The van der Waals surface area contributed by atoms with Crippen LogP contribution in [0.5, 0.6) is 0 Å². The number of rotatable bonds is 7. The first kappa shape index (κ1) is 12.7. The van der Waals surface area contributed by atoms with Crippen LogP contribution in [-0.4, -0.2) is 23.7 Å². The fourth-order valence-corrected chi connectivity index (χ4v) is 1.59. The molecule has 0 spiro atoms.